The Morgan fingerprint density at radius 1 is 1.00 bits per heavy atom. The normalized spacial score (nSPS) is 16.1. The van der Waals surface area contributed by atoms with Crippen LogP contribution in [0.4, 0.5) is 11.4 Å². The Labute approximate surface area is 184 Å². The molecular weight excluding hydrogens is 440 g/mol. The third kappa shape index (κ3) is 4.35. The fourth-order valence-corrected chi connectivity index (χ4v) is 6.38. The van der Waals surface area contributed by atoms with E-state index in [1.807, 2.05) is 4.90 Å². The standard InChI is InChI=1S/C21H22N2O6S2/c24-20(25)14-10-13-2-1-3-16(13)19(11-14)31(28,29)22-15-4-5-18(17(12-15)21(26)27)23-6-8-30-9-7-23/h4-5,10-12,22H,1-3,6-9H2,(H,24,25)(H,26,27). The van der Waals surface area contributed by atoms with E-state index in [1.165, 1.54) is 18.2 Å². The molecule has 0 amide bonds. The number of anilines is 2. The van der Waals surface area contributed by atoms with E-state index in [0.717, 1.165) is 36.6 Å². The highest BCUT2D eigenvalue weighted by molar-refractivity contribution is 7.99. The Morgan fingerprint density at radius 3 is 2.42 bits per heavy atom. The van der Waals surface area contributed by atoms with E-state index >= 15 is 0 Å². The van der Waals surface area contributed by atoms with Gasteiger partial charge in [0.1, 0.15) is 0 Å². The first kappa shape index (κ1) is 21.5. The predicted molar refractivity (Wildman–Crippen MR) is 119 cm³/mol. The molecule has 1 aliphatic heterocycles. The Morgan fingerprint density at radius 2 is 1.74 bits per heavy atom. The van der Waals surface area contributed by atoms with Gasteiger partial charge in [0.15, 0.2) is 0 Å². The number of aryl methyl sites for hydroxylation is 1. The van der Waals surface area contributed by atoms with Crippen molar-refractivity contribution >= 4 is 45.1 Å². The quantitative estimate of drug-likeness (QED) is 0.599. The maximum absolute atomic E-state index is 13.1. The van der Waals surface area contributed by atoms with Gasteiger partial charge in [-0.05, 0) is 60.7 Å². The van der Waals surface area contributed by atoms with Crippen LogP contribution >= 0.6 is 11.8 Å². The molecule has 2 aromatic rings. The molecule has 3 N–H and O–H groups in total. The molecule has 8 nitrogen and oxygen atoms in total. The van der Waals surface area contributed by atoms with Gasteiger partial charge in [-0.25, -0.2) is 18.0 Å². The number of nitrogens with one attached hydrogen (secondary N) is 1. The molecule has 1 heterocycles. The summed E-state index contributed by atoms with van der Waals surface area (Å²) < 4.78 is 28.7. The smallest absolute Gasteiger partial charge is 0.337 e. The lowest BCUT2D eigenvalue weighted by Gasteiger charge is -2.29. The van der Waals surface area contributed by atoms with Crippen LogP contribution in [0.3, 0.4) is 0 Å². The number of carboxylic acids is 2. The number of hydrogen-bond donors (Lipinski definition) is 3. The van der Waals surface area contributed by atoms with E-state index in [1.54, 1.807) is 23.9 Å². The van der Waals surface area contributed by atoms with Crippen molar-refractivity contribution in [3.05, 3.63) is 52.6 Å². The van der Waals surface area contributed by atoms with Crippen LogP contribution in [0, 0.1) is 0 Å². The number of sulfonamides is 1. The molecule has 0 aromatic heterocycles. The van der Waals surface area contributed by atoms with Crippen LogP contribution < -0.4 is 9.62 Å². The SMILES string of the molecule is O=C(O)c1cc2c(c(S(=O)(=O)Nc3ccc(N4CCSCC4)c(C(=O)O)c3)c1)CCC2. The number of carbonyl (C=O) groups is 2. The second-order valence-electron chi connectivity index (χ2n) is 7.51. The maximum atomic E-state index is 13.1. The van der Waals surface area contributed by atoms with Crippen molar-refractivity contribution in [3.8, 4) is 0 Å². The zero-order valence-corrected chi connectivity index (χ0v) is 18.3. The number of thioether (sulfide) groups is 1. The number of hydrogen-bond acceptors (Lipinski definition) is 6. The van der Waals surface area contributed by atoms with Crippen molar-refractivity contribution in [1.82, 2.24) is 0 Å². The van der Waals surface area contributed by atoms with Crippen LogP contribution in [0.25, 0.3) is 0 Å². The Kier molecular flexibility index (Phi) is 5.85. The number of rotatable bonds is 6. The molecule has 31 heavy (non-hydrogen) atoms. The summed E-state index contributed by atoms with van der Waals surface area (Å²) >= 11 is 1.81. The monoisotopic (exact) mass is 462 g/mol. The molecular formula is C21H22N2O6S2. The Bertz CT molecular complexity index is 1160. The molecule has 0 unspecified atom stereocenters. The van der Waals surface area contributed by atoms with Crippen molar-refractivity contribution in [2.24, 2.45) is 0 Å². The average molecular weight is 463 g/mol. The summed E-state index contributed by atoms with van der Waals surface area (Å²) in [4.78, 5) is 25.2. The van der Waals surface area contributed by atoms with E-state index in [2.05, 4.69) is 4.72 Å². The number of carboxylic acid groups (broad SMARTS) is 2. The molecule has 2 aromatic carbocycles. The molecule has 164 valence electrons. The summed E-state index contributed by atoms with van der Waals surface area (Å²) in [5.41, 5.74) is 1.98. The lowest BCUT2D eigenvalue weighted by Crippen LogP contribution is -2.33. The molecule has 1 saturated heterocycles. The van der Waals surface area contributed by atoms with E-state index in [0.29, 0.717) is 24.1 Å². The highest BCUT2D eigenvalue weighted by Gasteiger charge is 2.27. The third-order valence-electron chi connectivity index (χ3n) is 5.54. The van der Waals surface area contributed by atoms with Crippen molar-refractivity contribution in [1.29, 1.82) is 0 Å². The van der Waals surface area contributed by atoms with Crippen LogP contribution in [0.2, 0.25) is 0 Å². The molecule has 4 rings (SSSR count). The molecule has 1 aliphatic carbocycles. The lowest BCUT2D eigenvalue weighted by atomic mass is 10.1. The lowest BCUT2D eigenvalue weighted by molar-refractivity contribution is 0.0686. The summed E-state index contributed by atoms with van der Waals surface area (Å²) in [6, 6.07) is 7.18. The molecule has 10 heteroatoms. The minimum atomic E-state index is -4.10. The topological polar surface area (TPSA) is 124 Å². The first-order valence-electron chi connectivity index (χ1n) is 9.88. The van der Waals surface area contributed by atoms with Crippen molar-refractivity contribution in [2.75, 3.05) is 34.2 Å². The number of benzene rings is 2. The predicted octanol–water partition coefficient (Wildman–Crippen LogP) is 2.93. The second-order valence-corrected chi connectivity index (χ2v) is 10.4. The van der Waals surface area contributed by atoms with Crippen molar-refractivity contribution in [2.45, 2.75) is 24.2 Å². The number of nitrogens with zero attached hydrogens (tertiary/aromatic N) is 1. The summed E-state index contributed by atoms with van der Waals surface area (Å²) in [6.45, 7) is 1.45. The second kappa shape index (κ2) is 8.43. The van der Waals surface area contributed by atoms with E-state index in [4.69, 9.17) is 0 Å². The number of fused-ring (bicyclic) bond motifs is 1. The minimum absolute atomic E-state index is 0.0246. The molecule has 2 aliphatic rings. The average Bonchev–Trinajstić information content (AvgIpc) is 3.22. The van der Waals surface area contributed by atoms with Crippen LogP contribution in [-0.4, -0.2) is 55.2 Å². The molecule has 0 radical (unpaired) electrons. The first-order chi connectivity index (χ1) is 14.8. The van der Waals surface area contributed by atoms with E-state index < -0.39 is 22.0 Å². The molecule has 0 saturated carbocycles. The number of aromatic carboxylic acids is 2. The Hall–Kier alpha value is -2.72. The highest BCUT2D eigenvalue weighted by atomic mass is 32.2. The van der Waals surface area contributed by atoms with Gasteiger partial charge in [0.2, 0.25) is 0 Å². The van der Waals surface area contributed by atoms with Gasteiger partial charge in [-0.15, -0.1) is 0 Å². The van der Waals surface area contributed by atoms with Crippen molar-refractivity contribution < 1.29 is 28.2 Å². The van der Waals surface area contributed by atoms with Gasteiger partial charge in [-0.2, -0.15) is 11.8 Å². The first-order valence-corrected chi connectivity index (χ1v) is 12.5. The summed E-state index contributed by atoms with van der Waals surface area (Å²) in [5, 5.41) is 19.0. The summed E-state index contributed by atoms with van der Waals surface area (Å²) in [6.07, 6.45) is 1.94. The molecule has 0 spiro atoms. The van der Waals surface area contributed by atoms with Gasteiger partial charge in [-0.1, -0.05) is 0 Å². The zero-order chi connectivity index (χ0) is 22.2. The van der Waals surface area contributed by atoms with Gasteiger partial charge in [0.25, 0.3) is 10.0 Å². The summed E-state index contributed by atoms with van der Waals surface area (Å²) in [5.74, 6) is -0.525. The molecule has 0 atom stereocenters. The van der Waals surface area contributed by atoms with E-state index in [9.17, 15) is 28.2 Å². The van der Waals surface area contributed by atoms with Gasteiger partial charge in [-0.3, -0.25) is 4.72 Å². The van der Waals surface area contributed by atoms with Gasteiger partial charge < -0.3 is 15.1 Å². The van der Waals surface area contributed by atoms with Gasteiger partial charge >= 0.3 is 11.9 Å². The fourth-order valence-electron chi connectivity index (χ4n) is 4.09. The third-order valence-corrected chi connectivity index (χ3v) is 7.93. The van der Waals surface area contributed by atoms with Crippen LogP contribution in [0.15, 0.2) is 35.2 Å². The highest BCUT2D eigenvalue weighted by Crippen LogP contribution is 2.32. The maximum Gasteiger partial charge on any atom is 0.337 e. The minimum Gasteiger partial charge on any atom is -0.478 e. The fraction of sp³-hybridized carbons (Fsp3) is 0.333. The van der Waals surface area contributed by atoms with Gasteiger partial charge in [0, 0.05) is 30.3 Å². The van der Waals surface area contributed by atoms with Crippen LogP contribution in [0.1, 0.15) is 38.3 Å². The largest absolute Gasteiger partial charge is 0.478 e. The van der Waals surface area contributed by atoms with Crippen LogP contribution in [0.5, 0.6) is 0 Å². The molecule has 1 fully saturated rings. The van der Waals surface area contributed by atoms with Gasteiger partial charge in [0.05, 0.1) is 21.7 Å². The molecule has 0 bridgehead atoms. The Balaban J connectivity index is 1.70. The van der Waals surface area contributed by atoms with Crippen LogP contribution in [-0.2, 0) is 22.9 Å². The zero-order valence-electron chi connectivity index (χ0n) is 16.6. The van der Waals surface area contributed by atoms with E-state index in [-0.39, 0.29) is 21.7 Å². The van der Waals surface area contributed by atoms with Crippen molar-refractivity contribution in [3.63, 3.8) is 0 Å². The summed E-state index contributed by atoms with van der Waals surface area (Å²) in [7, 11) is -4.10.